The molecule has 122 valence electrons. The molecule has 1 fully saturated rings. The maximum Gasteiger partial charge on any atom is 0.122 e. The number of benzene rings is 1. The lowest BCUT2D eigenvalue weighted by Gasteiger charge is -2.34. The van der Waals surface area contributed by atoms with Gasteiger partial charge in [-0.15, -0.1) is 0 Å². The van der Waals surface area contributed by atoms with Crippen molar-refractivity contribution in [1.82, 2.24) is 9.80 Å². The molecule has 4 heteroatoms. The van der Waals surface area contributed by atoms with Gasteiger partial charge in [0.15, 0.2) is 0 Å². The van der Waals surface area contributed by atoms with Crippen molar-refractivity contribution in [3.8, 4) is 5.75 Å². The minimum absolute atomic E-state index is 0.596. The Bertz CT molecular complexity index is 486. The van der Waals surface area contributed by atoms with Crippen LogP contribution in [-0.4, -0.2) is 68.9 Å². The van der Waals surface area contributed by atoms with Crippen molar-refractivity contribution in [3.63, 3.8) is 0 Å². The predicted molar refractivity (Wildman–Crippen MR) is 88.7 cm³/mol. The van der Waals surface area contributed by atoms with Gasteiger partial charge in [-0.25, -0.2) is 0 Å². The van der Waals surface area contributed by atoms with Gasteiger partial charge >= 0.3 is 0 Å². The molecular weight excluding hydrogens is 276 g/mol. The Morgan fingerprint density at radius 3 is 2.68 bits per heavy atom. The molecule has 0 radical (unpaired) electrons. The first-order valence-corrected chi connectivity index (χ1v) is 8.47. The highest BCUT2D eigenvalue weighted by Crippen LogP contribution is 2.26. The minimum Gasteiger partial charge on any atom is -0.496 e. The minimum atomic E-state index is 0.596. The molecule has 2 aliphatic rings. The van der Waals surface area contributed by atoms with Crippen LogP contribution in [0.1, 0.15) is 18.1 Å². The molecule has 0 aliphatic carbocycles. The van der Waals surface area contributed by atoms with Crippen molar-refractivity contribution in [3.05, 3.63) is 29.3 Å². The van der Waals surface area contributed by atoms with Gasteiger partial charge in [-0.2, -0.15) is 0 Å². The van der Waals surface area contributed by atoms with E-state index in [1.807, 2.05) is 0 Å². The van der Waals surface area contributed by atoms with Crippen LogP contribution in [0.25, 0.3) is 0 Å². The standard InChI is InChI=1S/C18H28N2O2/c1-15(14-19-10-12-22-13-11-19)20-8-6-16-4-3-5-18(21-2)17(16)7-9-20/h3-5,15H,6-14H2,1-2H3. The van der Waals surface area contributed by atoms with Crippen molar-refractivity contribution in [2.24, 2.45) is 0 Å². The molecule has 0 bridgehead atoms. The zero-order valence-electron chi connectivity index (χ0n) is 13.9. The molecule has 1 aromatic carbocycles. The number of nitrogens with zero attached hydrogens (tertiary/aromatic N) is 2. The zero-order chi connectivity index (χ0) is 15.4. The highest BCUT2D eigenvalue weighted by molar-refractivity contribution is 5.41. The highest BCUT2D eigenvalue weighted by Gasteiger charge is 2.22. The second kappa shape index (κ2) is 7.44. The first-order chi connectivity index (χ1) is 10.8. The number of hydrogen-bond donors (Lipinski definition) is 0. The summed E-state index contributed by atoms with van der Waals surface area (Å²) in [5.74, 6) is 1.06. The third kappa shape index (κ3) is 3.62. The summed E-state index contributed by atoms with van der Waals surface area (Å²) in [6.45, 7) is 9.70. The molecule has 0 saturated carbocycles. The molecule has 0 N–H and O–H groups in total. The van der Waals surface area contributed by atoms with E-state index >= 15 is 0 Å². The third-order valence-electron chi connectivity index (χ3n) is 5.02. The molecule has 2 aliphatic heterocycles. The number of ether oxygens (including phenoxy) is 2. The van der Waals surface area contributed by atoms with Gasteiger partial charge in [0, 0.05) is 38.8 Å². The summed E-state index contributed by atoms with van der Waals surface area (Å²) in [6, 6.07) is 7.06. The second-order valence-corrected chi connectivity index (χ2v) is 6.40. The molecule has 0 amide bonds. The van der Waals surface area contributed by atoms with Crippen LogP contribution in [-0.2, 0) is 17.6 Å². The Morgan fingerprint density at radius 1 is 1.14 bits per heavy atom. The van der Waals surface area contributed by atoms with Crippen LogP contribution < -0.4 is 4.74 Å². The van der Waals surface area contributed by atoms with Gasteiger partial charge in [-0.3, -0.25) is 9.80 Å². The van der Waals surface area contributed by atoms with Gasteiger partial charge in [0.2, 0.25) is 0 Å². The van der Waals surface area contributed by atoms with Crippen LogP contribution in [0.15, 0.2) is 18.2 Å². The normalized spacial score (nSPS) is 21.9. The van der Waals surface area contributed by atoms with E-state index in [0.29, 0.717) is 6.04 Å². The van der Waals surface area contributed by atoms with Gasteiger partial charge < -0.3 is 9.47 Å². The molecule has 0 aromatic heterocycles. The van der Waals surface area contributed by atoms with Crippen LogP contribution in [0.2, 0.25) is 0 Å². The van der Waals surface area contributed by atoms with E-state index in [1.54, 1.807) is 7.11 Å². The summed E-state index contributed by atoms with van der Waals surface area (Å²) < 4.78 is 11.0. The van der Waals surface area contributed by atoms with Crippen molar-refractivity contribution in [2.75, 3.05) is 53.0 Å². The fraction of sp³-hybridized carbons (Fsp3) is 0.667. The molecule has 2 heterocycles. The van der Waals surface area contributed by atoms with E-state index in [1.165, 1.54) is 11.1 Å². The Hall–Kier alpha value is -1.10. The van der Waals surface area contributed by atoms with Crippen molar-refractivity contribution < 1.29 is 9.47 Å². The monoisotopic (exact) mass is 304 g/mol. The van der Waals surface area contributed by atoms with Gasteiger partial charge in [0.05, 0.1) is 20.3 Å². The molecule has 1 saturated heterocycles. The number of hydrogen-bond acceptors (Lipinski definition) is 4. The molecule has 0 spiro atoms. The van der Waals surface area contributed by atoms with E-state index in [9.17, 15) is 0 Å². The van der Waals surface area contributed by atoms with Gasteiger partial charge in [-0.05, 0) is 37.0 Å². The summed E-state index contributed by atoms with van der Waals surface area (Å²) in [5.41, 5.74) is 2.87. The van der Waals surface area contributed by atoms with E-state index in [0.717, 1.165) is 64.5 Å². The fourth-order valence-electron chi connectivity index (χ4n) is 3.67. The zero-order valence-corrected chi connectivity index (χ0v) is 13.9. The number of methoxy groups -OCH3 is 1. The molecule has 1 atom stereocenters. The maximum atomic E-state index is 5.54. The molecular formula is C18H28N2O2. The van der Waals surface area contributed by atoms with E-state index in [2.05, 4.69) is 34.9 Å². The average molecular weight is 304 g/mol. The predicted octanol–water partition coefficient (Wildman–Crippen LogP) is 1.82. The number of rotatable bonds is 4. The van der Waals surface area contributed by atoms with Crippen LogP contribution in [0, 0.1) is 0 Å². The Kier molecular flexibility index (Phi) is 5.34. The topological polar surface area (TPSA) is 24.9 Å². The molecule has 3 rings (SSSR count). The third-order valence-corrected chi connectivity index (χ3v) is 5.02. The summed E-state index contributed by atoms with van der Waals surface area (Å²) in [5, 5.41) is 0. The van der Waals surface area contributed by atoms with Crippen LogP contribution in [0.5, 0.6) is 5.75 Å². The van der Waals surface area contributed by atoms with E-state index < -0.39 is 0 Å². The number of fused-ring (bicyclic) bond motifs is 1. The smallest absolute Gasteiger partial charge is 0.122 e. The summed E-state index contributed by atoms with van der Waals surface area (Å²) >= 11 is 0. The first-order valence-electron chi connectivity index (χ1n) is 8.47. The van der Waals surface area contributed by atoms with Gasteiger partial charge in [0.1, 0.15) is 5.75 Å². The lowest BCUT2D eigenvalue weighted by Crippen LogP contribution is -2.46. The first kappa shape index (κ1) is 15.8. The highest BCUT2D eigenvalue weighted by atomic mass is 16.5. The van der Waals surface area contributed by atoms with Crippen molar-refractivity contribution >= 4 is 0 Å². The van der Waals surface area contributed by atoms with Crippen LogP contribution in [0.4, 0.5) is 0 Å². The van der Waals surface area contributed by atoms with Crippen molar-refractivity contribution in [1.29, 1.82) is 0 Å². The largest absolute Gasteiger partial charge is 0.496 e. The summed E-state index contributed by atoms with van der Waals surface area (Å²) in [6.07, 6.45) is 2.22. The average Bonchev–Trinajstić information content (AvgIpc) is 2.78. The van der Waals surface area contributed by atoms with E-state index in [4.69, 9.17) is 9.47 Å². The summed E-state index contributed by atoms with van der Waals surface area (Å²) in [4.78, 5) is 5.17. The quantitative estimate of drug-likeness (QED) is 0.847. The lowest BCUT2D eigenvalue weighted by molar-refractivity contribution is 0.0249. The Balaban J connectivity index is 1.61. The maximum absolute atomic E-state index is 5.54. The second-order valence-electron chi connectivity index (χ2n) is 6.40. The molecule has 1 aromatic rings. The van der Waals surface area contributed by atoms with E-state index in [-0.39, 0.29) is 0 Å². The van der Waals surface area contributed by atoms with Crippen LogP contribution in [0.3, 0.4) is 0 Å². The van der Waals surface area contributed by atoms with Gasteiger partial charge in [0.25, 0.3) is 0 Å². The van der Waals surface area contributed by atoms with Crippen molar-refractivity contribution in [2.45, 2.75) is 25.8 Å². The Morgan fingerprint density at radius 2 is 1.91 bits per heavy atom. The fourth-order valence-corrected chi connectivity index (χ4v) is 3.67. The SMILES string of the molecule is COc1cccc2c1CCN(C(C)CN1CCOCC1)CC2. The molecule has 22 heavy (non-hydrogen) atoms. The van der Waals surface area contributed by atoms with Gasteiger partial charge in [-0.1, -0.05) is 12.1 Å². The Labute approximate surface area is 134 Å². The lowest BCUT2D eigenvalue weighted by atomic mass is 10.0. The molecule has 4 nitrogen and oxygen atoms in total. The van der Waals surface area contributed by atoms with Crippen LogP contribution >= 0.6 is 0 Å². The number of morpholine rings is 1. The molecule has 1 unspecified atom stereocenters. The summed E-state index contributed by atoms with van der Waals surface area (Å²) in [7, 11) is 1.78.